The zero-order valence-electron chi connectivity index (χ0n) is 53.7. The van der Waals surface area contributed by atoms with Crippen molar-refractivity contribution in [3.8, 4) is 102 Å². The van der Waals surface area contributed by atoms with Gasteiger partial charge in [-0.05, 0) is 99.1 Å². The van der Waals surface area contributed by atoms with Gasteiger partial charge in [0, 0.05) is 65.3 Å². The molecule has 14 aromatic carbocycles. The Morgan fingerprint density at radius 3 is 1.06 bits per heavy atom. The highest BCUT2D eigenvalue weighted by Crippen LogP contribution is 2.45. The predicted molar refractivity (Wildman–Crippen MR) is 406 cm³/mol. The Kier molecular flexibility index (Phi) is 14.0. The molecule has 0 atom stereocenters. The Morgan fingerprint density at radius 2 is 0.570 bits per heavy atom. The van der Waals surface area contributed by atoms with Gasteiger partial charge in [0.05, 0.1) is 11.0 Å². The molecular weight excluding hydrogens is 1230 g/mol. The van der Waals surface area contributed by atoms with Gasteiger partial charge < -0.3 is 8.83 Å². The molecule has 0 N–H and O–H groups in total. The lowest BCUT2D eigenvalue weighted by atomic mass is 9.99. The van der Waals surface area contributed by atoms with E-state index in [0.717, 1.165) is 149 Å². The molecule has 0 aliphatic rings. The highest BCUT2D eigenvalue weighted by molar-refractivity contribution is 6.24. The number of nitrogens with zero attached hydrogens (tertiary/aromatic N) is 8. The van der Waals surface area contributed by atoms with Gasteiger partial charge in [0.2, 0.25) is 11.9 Å². The zero-order chi connectivity index (χ0) is 66.0. The molecule has 0 bridgehead atoms. The fourth-order valence-electron chi connectivity index (χ4n) is 14.3. The van der Waals surface area contributed by atoms with E-state index in [0.29, 0.717) is 35.2 Å². The molecular formula is C90H56N8O2. The lowest BCUT2D eigenvalue weighted by Crippen LogP contribution is -2.06. The smallest absolute Gasteiger partial charge is 0.238 e. The second kappa shape index (κ2) is 24.2. The van der Waals surface area contributed by atoms with Gasteiger partial charge in [-0.1, -0.05) is 285 Å². The molecule has 0 spiro atoms. The molecule has 0 saturated carbocycles. The Bertz CT molecular complexity index is 6510. The standard InChI is InChI=1S/2C45H28N4O/c1-4-14-29(15-5-1)32-20-12-21-33(28-32)44-46-43(31-18-8-3-9-19-31)47-45(48-44)49-38-24-11-10-22-35(38)36-26-27-37-40-34(30-16-6-2-7-17-30)23-13-25-39(40)50-42(37)41(36)49;1-4-13-29(14-5-1)32-19-12-20-34(27-32)44-46-43(31-17-8-3-9-18-31)47-45(48-44)49-39-22-11-10-21-35(39)36-24-25-37-38-28-33(30-15-6-2-7-16-30)23-26-40(38)50-42(37)41(36)49/h2*1-28H. The summed E-state index contributed by atoms with van der Waals surface area (Å²) in [5, 5.41) is 8.59. The lowest BCUT2D eigenvalue weighted by Gasteiger charge is -2.11. The summed E-state index contributed by atoms with van der Waals surface area (Å²) in [6.45, 7) is 0. The molecule has 0 radical (unpaired) electrons. The number of hydrogen-bond donors (Lipinski definition) is 0. The van der Waals surface area contributed by atoms with Crippen molar-refractivity contribution in [3.63, 3.8) is 0 Å². The van der Waals surface area contributed by atoms with Crippen LogP contribution in [0.2, 0.25) is 0 Å². The second-order valence-corrected chi connectivity index (χ2v) is 24.9. The minimum atomic E-state index is 0.529. The average Bonchev–Trinajstić information content (AvgIpc) is 1.56. The van der Waals surface area contributed by atoms with Crippen molar-refractivity contribution in [2.45, 2.75) is 0 Å². The molecule has 0 saturated heterocycles. The molecule has 468 valence electrons. The summed E-state index contributed by atoms with van der Waals surface area (Å²) in [7, 11) is 0. The summed E-state index contributed by atoms with van der Waals surface area (Å²) >= 11 is 0. The molecule has 10 nitrogen and oxygen atoms in total. The van der Waals surface area contributed by atoms with Gasteiger partial charge >= 0.3 is 0 Å². The van der Waals surface area contributed by atoms with Crippen LogP contribution in [-0.4, -0.2) is 39.0 Å². The molecule has 6 aromatic heterocycles. The van der Waals surface area contributed by atoms with Crippen molar-refractivity contribution < 1.29 is 8.83 Å². The molecule has 20 aromatic rings. The summed E-state index contributed by atoms with van der Waals surface area (Å²) in [5.74, 6) is 3.46. The molecule has 10 heteroatoms. The first kappa shape index (κ1) is 57.7. The van der Waals surface area contributed by atoms with Crippen LogP contribution in [-0.2, 0) is 0 Å². The Labute approximate surface area is 573 Å². The summed E-state index contributed by atoms with van der Waals surface area (Å²) in [6, 6.07) is 117. The first-order chi connectivity index (χ1) is 49.6. The topological polar surface area (TPSA) is 113 Å². The van der Waals surface area contributed by atoms with Gasteiger partial charge in [-0.15, -0.1) is 0 Å². The van der Waals surface area contributed by atoms with Crippen molar-refractivity contribution in [3.05, 3.63) is 340 Å². The number of fused-ring (bicyclic) bond motifs is 14. The quantitative estimate of drug-likeness (QED) is 0.133. The SMILES string of the molecule is c1ccc(-c2cccc(-c3nc(-c4ccccc4)nc(-n4c5ccccc5c5ccc6c(oc7cccc(-c8ccccc8)c76)c54)n3)c2)cc1.c1ccc(-c2cccc(-c3nc(-c4ccccc4)nc(-n4c5ccccc5c5ccc6c7cc(-c8ccccc8)ccc7oc6c54)n3)c2)cc1. The van der Waals surface area contributed by atoms with Crippen LogP contribution in [0.15, 0.2) is 349 Å². The largest absolute Gasteiger partial charge is 0.454 e. The number of benzene rings is 14. The van der Waals surface area contributed by atoms with Crippen LogP contribution in [0.25, 0.3) is 189 Å². The third kappa shape index (κ3) is 10.0. The van der Waals surface area contributed by atoms with Crippen LogP contribution >= 0.6 is 0 Å². The molecule has 0 amide bonds. The highest BCUT2D eigenvalue weighted by atomic mass is 16.3. The number of para-hydroxylation sites is 2. The fraction of sp³-hybridized carbons (Fsp3) is 0. The first-order valence-corrected chi connectivity index (χ1v) is 33.4. The van der Waals surface area contributed by atoms with E-state index in [1.807, 2.05) is 84.9 Å². The minimum Gasteiger partial charge on any atom is -0.454 e. The number of aromatic nitrogens is 8. The minimum absolute atomic E-state index is 0.529. The van der Waals surface area contributed by atoms with Gasteiger partial charge in [0.1, 0.15) is 22.2 Å². The number of furan rings is 2. The van der Waals surface area contributed by atoms with Crippen LogP contribution in [0, 0.1) is 0 Å². The Morgan fingerprint density at radius 1 is 0.210 bits per heavy atom. The van der Waals surface area contributed by atoms with E-state index in [2.05, 4.69) is 264 Å². The van der Waals surface area contributed by atoms with Crippen LogP contribution < -0.4 is 0 Å². The fourth-order valence-corrected chi connectivity index (χ4v) is 14.3. The summed E-state index contributed by atoms with van der Waals surface area (Å²) in [4.78, 5) is 30.9. The predicted octanol–water partition coefficient (Wildman–Crippen LogP) is 23.1. The average molecular weight is 1280 g/mol. The molecule has 0 aliphatic heterocycles. The maximum Gasteiger partial charge on any atom is 0.238 e. The molecule has 0 aliphatic carbocycles. The summed E-state index contributed by atoms with van der Waals surface area (Å²) in [5.41, 5.74) is 19.8. The third-order valence-electron chi connectivity index (χ3n) is 18.9. The Hall–Kier alpha value is -13.7. The van der Waals surface area contributed by atoms with E-state index < -0.39 is 0 Å². The lowest BCUT2D eigenvalue weighted by molar-refractivity contribution is 0.670. The van der Waals surface area contributed by atoms with Gasteiger partial charge in [-0.25, -0.2) is 9.97 Å². The number of hydrogen-bond acceptors (Lipinski definition) is 8. The van der Waals surface area contributed by atoms with Gasteiger partial charge in [0.25, 0.3) is 0 Å². The van der Waals surface area contributed by atoms with Crippen LogP contribution in [0.5, 0.6) is 0 Å². The maximum absolute atomic E-state index is 6.82. The molecule has 0 unspecified atom stereocenters. The van der Waals surface area contributed by atoms with E-state index >= 15 is 0 Å². The van der Waals surface area contributed by atoms with Gasteiger partial charge in [-0.2, -0.15) is 19.9 Å². The molecule has 6 heterocycles. The molecule has 20 rings (SSSR count). The molecule has 100 heavy (non-hydrogen) atoms. The van der Waals surface area contributed by atoms with Gasteiger partial charge in [0.15, 0.2) is 34.5 Å². The van der Waals surface area contributed by atoms with Crippen molar-refractivity contribution in [1.29, 1.82) is 0 Å². The maximum atomic E-state index is 6.82. The zero-order valence-corrected chi connectivity index (χ0v) is 53.7. The monoisotopic (exact) mass is 1280 g/mol. The van der Waals surface area contributed by atoms with Gasteiger partial charge in [-0.3, -0.25) is 9.13 Å². The van der Waals surface area contributed by atoms with E-state index in [4.69, 9.17) is 38.7 Å². The second-order valence-electron chi connectivity index (χ2n) is 24.9. The van der Waals surface area contributed by atoms with E-state index in [9.17, 15) is 0 Å². The summed E-state index contributed by atoms with van der Waals surface area (Å²) in [6.07, 6.45) is 0. The Balaban J connectivity index is 0.000000139. The van der Waals surface area contributed by atoms with Crippen molar-refractivity contribution in [2.75, 3.05) is 0 Å². The first-order valence-electron chi connectivity index (χ1n) is 33.4. The van der Waals surface area contributed by atoms with Crippen molar-refractivity contribution in [2.24, 2.45) is 0 Å². The molecule has 0 fully saturated rings. The van der Waals surface area contributed by atoms with Crippen LogP contribution in [0.3, 0.4) is 0 Å². The highest BCUT2D eigenvalue weighted by Gasteiger charge is 2.26. The van der Waals surface area contributed by atoms with Crippen LogP contribution in [0.1, 0.15) is 0 Å². The number of rotatable bonds is 10. The van der Waals surface area contributed by atoms with E-state index in [-0.39, 0.29) is 0 Å². The van der Waals surface area contributed by atoms with E-state index in [1.165, 1.54) is 5.56 Å². The van der Waals surface area contributed by atoms with E-state index in [1.54, 1.807) is 0 Å². The normalized spacial score (nSPS) is 11.6. The summed E-state index contributed by atoms with van der Waals surface area (Å²) < 4.78 is 17.9. The van der Waals surface area contributed by atoms with Crippen molar-refractivity contribution >= 4 is 87.5 Å². The van der Waals surface area contributed by atoms with Crippen LogP contribution in [0.4, 0.5) is 0 Å². The van der Waals surface area contributed by atoms with Crippen molar-refractivity contribution in [1.82, 2.24) is 39.0 Å². The third-order valence-corrected chi connectivity index (χ3v) is 18.9.